The monoisotopic (exact) mass is 464 g/mol. The van der Waals surface area contributed by atoms with E-state index in [0.717, 1.165) is 0 Å². The average Bonchev–Trinajstić information content (AvgIpc) is 3.07. The first-order valence-electron chi connectivity index (χ1n) is 10.5. The SMILES string of the molecule is COC(=O)C1=C(C)N=c2s/c(=C\c3cccc(O)c3)c(=O)n2[C@H]1c1ccccc1OC(C)C. The number of aromatic hydroxyl groups is 1. The Balaban J connectivity index is 2.00. The molecule has 2 heterocycles. The van der Waals surface area contributed by atoms with E-state index in [2.05, 4.69) is 4.99 Å². The Kier molecular flexibility index (Phi) is 6.20. The average molecular weight is 465 g/mol. The van der Waals surface area contributed by atoms with Crippen molar-refractivity contribution in [3.05, 3.63) is 90.6 Å². The van der Waals surface area contributed by atoms with Crippen molar-refractivity contribution in [1.29, 1.82) is 0 Å². The van der Waals surface area contributed by atoms with Crippen LogP contribution >= 0.6 is 11.3 Å². The molecule has 0 fully saturated rings. The summed E-state index contributed by atoms with van der Waals surface area (Å²) in [4.78, 5) is 31.4. The Morgan fingerprint density at radius 1 is 1.21 bits per heavy atom. The topological polar surface area (TPSA) is 90.1 Å². The van der Waals surface area contributed by atoms with Crippen LogP contribution in [0.1, 0.15) is 37.9 Å². The van der Waals surface area contributed by atoms with Crippen LogP contribution in [0.4, 0.5) is 0 Å². The van der Waals surface area contributed by atoms with Crippen LogP contribution in [-0.4, -0.2) is 28.9 Å². The van der Waals surface area contributed by atoms with Crippen molar-refractivity contribution in [3.63, 3.8) is 0 Å². The lowest BCUT2D eigenvalue weighted by Gasteiger charge is -2.26. The van der Waals surface area contributed by atoms with E-state index in [9.17, 15) is 14.7 Å². The van der Waals surface area contributed by atoms with Crippen molar-refractivity contribution < 1.29 is 19.4 Å². The van der Waals surface area contributed by atoms with Crippen molar-refractivity contribution in [3.8, 4) is 11.5 Å². The van der Waals surface area contributed by atoms with Gasteiger partial charge in [0.15, 0.2) is 4.80 Å². The van der Waals surface area contributed by atoms with Crippen LogP contribution < -0.4 is 19.6 Å². The summed E-state index contributed by atoms with van der Waals surface area (Å²) in [5.41, 5.74) is 1.83. The molecule has 1 aromatic heterocycles. The Hall–Kier alpha value is -3.65. The van der Waals surface area contributed by atoms with E-state index in [-0.39, 0.29) is 23.0 Å². The first-order valence-corrected chi connectivity index (χ1v) is 11.3. The molecule has 33 heavy (non-hydrogen) atoms. The Morgan fingerprint density at radius 2 is 1.97 bits per heavy atom. The first kappa shape index (κ1) is 22.5. The zero-order valence-corrected chi connectivity index (χ0v) is 19.6. The number of aromatic nitrogens is 1. The maximum Gasteiger partial charge on any atom is 0.338 e. The van der Waals surface area contributed by atoms with Gasteiger partial charge in [-0.05, 0) is 50.6 Å². The molecule has 8 heteroatoms. The van der Waals surface area contributed by atoms with Crippen LogP contribution in [0.5, 0.6) is 11.5 Å². The second kappa shape index (κ2) is 9.07. The van der Waals surface area contributed by atoms with Crippen molar-refractivity contribution >= 4 is 23.4 Å². The van der Waals surface area contributed by atoms with Gasteiger partial charge in [0.2, 0.25) is 0 Å². The molecule has 2 aromatic carbocycles. The van der Waals surface area contributed by atoms with Gasteiger partial charge in [0.25, 0.3) is 5.56 Å². The van der Waals surface area contributed by atoms with E-state index in [0.29, 0.717) is 31.9 Å². The normalized spacial score (nSPS) is 15.9. The van der Waals surface area contributed by atoms with E-state index in [1.807, 2.05) is 38.1 Å². The summed E-state index contributed by atoms with van der Waals surface area (Å²) in [5, 5.41) is 9.78. The highest BCUT2D eigenvalue weighted by molar-refractivity contribution is 7.07. The van der Waals surface area contributed by atoms with Crippen LogP contribution in [0.25, 0.3) is 6.08 Å². The summed E-state index contributed by atoms with van der Waals surface area (Å²) in [7, 11) is 1.31. The lowest BCUT2D eigenvalue weighted by atomic mass is 9.95. The number of ether oxygens (including phenoxy) is 2. The fraction of sp³-hybridized carbons (Fsp3) is 0.240. The molecule has 4 rings (SSSR count). The number of nitrogens with zero attached hydrogens (tertiary/aromatic N) is 2. The smallest absolute Gasteiger partial charge is 0.338 e. The van der Waals surface area contributed by atoms with Crippen molar-refractivity contribution in [2.24, 2.45) is 4.99 Å². The van der Waals surface area contributed by atoms with Gasteiger partial charge in [-0.15, -0.1) is 0 Å². The van der Waals surface area contributed by atoms with Crippen molar-refractivity contribution in [2.45, 2.75) is 32.9 Å². The quantitative estimate of drug-likeness (QED) is 0.587. The minimum atomic E-state index is -0.755. The fourth-order valence-corrected chi connectivity index (χ4v) is 4.87. The van der Waals surface area contributed by atoms with Gasteiger partial charge in [0.05, 0.1) is 29.0 Å². The predicted octanol–water partition coefficient (Wildman–Crippen LogP) is 2.90. The number of allylic oxidation sites excluding steroid dienone is 1. The second-order valence-corrected chi connectivity index (χ2v) is 8.88. The zero-order valence-electron chi connectivity index (χ0n) is 18.7. The number of thiazole rings is 1. The number of fused-ring (bicyclic) bond motifs is 1. The molecule has 7 nitrogen and oxygen atoms in total. The summed E-state index contributed by atoms with van der Waals surface area (Å²) in [5.74, 6) is 0.136. The molecule has 170 valence electrons. The summed E-state index contributed by atoms with van der Waals surface area (Å²) in [6.45, 7) is 5.57. The largest absolute Gasteiger partial charge is 0.508 e. The van der Waals surface area contributed by atoms with Gasteiger partial charge < -0.3 is 14.6 Å². The summed E-state index contributed by atoms with van der Waals surface area (Å²) >= 11 is 1.23. The van der Waals surface area contributed by atoms with Crippen LogP contribution in [0.3, 0.4) is 0 Å². The molecule has 0 spiro atoms. The third-order valence-corrected chi connectivity index (χ3v) is 6.15. The van der Waals surface area contributed by atoms with E-state index in [1.165, 1.54) is 23.0 Å². The lowest BCUT2D eigenvalue weighted by Crippen LogP contribution is -2.40. The van der Waals surface area contributed by atoms with E-state index in [1.54, 1.807) is 37.3 Å². The minimum Gasteiger partial charge on any atom is -0.508 e. The van der Waals surface area contributed by atoms with Crippen LogP contribution in [0.2, 0.25) is 0 Å². The number of hydrogen-bond donors (Lipinski definition) is 1. The molecule has 0 bridgehead atoms. The van der Waals surface area contributed by atoms with Gasteiger partial charge in [-0.2, -0.15) is 0 Å². The number of phenols is 1. The molecule has 1 atom stereocenters. The molecule has 0 aliphatic carbocycles. The van der Waals surface area contributed by atoms with E-state index in [4.69, 9.17) is 9.47 Å². The molecule has 0 amide bonds. The number of rotatable bonds is 5. The minimum absolute atomic E-state index is 0.0978. The predicted molar refractivity (Wildman–Crippen MR) is 126 cm³/mol. The molecule has 1 N–H and O–H groups in total. The second-order valence-electron chi connectivity index (χ2n) is 7.87. The van der Waals surface area contributed by atoms with Crippen LogP contribution in [0, 0.1) is 0 Å². The number of hydrogen-bond acceptors (Lipinski definition) is 7. The number of carbonyl (C=O) groups is 1. The van der Waals surface area contributed by atoms with Gasteiger partial charge in [0, 0.05) is 5.56 Å². The Bertz CT molecular complexity index is 1430. The zero-order chi connectivity index (χ0) is 23.7. The molecule has 1 aliphatic rings. The van der Waals surface area contributed by atoms with Gasteiger partial charge in [-0.25, -0.2) is 9.79 Å². The number of carbonyl (C=O) groups excluding carboxylic acids is 1. The lowest BCUT2D eigenvalue weighted by molar-refractivity contribution is -0.136. The van der Waals surface area contributed by atoms with Crippen LogP contribution in [-0.2, 0) is 9.53 Å². The summed E-state index contributed by atoms with van der Waals surface area (Å²) < 4.78 is 13.0. The number of methoxy groups -OCH3 is 1. The Morgan fingerprint density at radius 3 is 2.67 bits per heavy atom. The van der Waals surface area contributed by atoms with Gasteiger partial charge in [-0.3, -0.25) is 9.36 Å². The van der Waals surface area contributed by atoms with E-state index >= 15 is 0 Å². The standard InChI is InChI=1S/C25H24N2O5S/c1-14(2)32-19-11-6-5-10-18(19)22-21(24(30)31-4)15(3)26-25-27(22)23(29)20(33-25)13-16-8-7-9-17(28)12-16/h5-14,22,28H,1-4H3/b20-13-/t22-/m0/s1. The van der Waals surface area contributed by atoms with Crippen molar-refractivity contribution in [2.75, 3.05) is 7.11 Å². The number of phenolic OH excluding ortho intramolecular Hbond substituents is 1. The third-order valence-electron chi connectivity index (χ3n) is 5.17. The van der Waals surface area contributed by atoms with Gasteiger partial charge in [-0.1, -0.05) is 41.7 Å². The molecular weight excluding hydrogens is 440 g/mol. The fourth-order valence-electron chi connectivity index (χ4n) is 3.82. The maximum absolute atomic E-state index is 13.6. The molecule has 3 aromatic rings. The summed E-state index contributed by atoms with van der Waals surface area (Å²) in [6.07, 6.45) is 1.60. The first-order chi connectivity index (χ1) is 15.8. The van der Waals surface area contributed by atoms with Gasteiger partial charge in [0.1, 0.15) is 17.5 Å². The highest BCUT2D eigenvalue weighted by Crippen LogP contribution is 2.36. The molecule has 0 radical (unpaired) electrons. The third kappa shape index (κ3) is 4.34. The number of para-hydroxylation sites is 1. The highest BCUT2D eigenvalue weighted by atomic mass is 32.1. The molecule has 0 saturated heterocycles. The highest BCUT2D eigenvalue weighted by Gasteiger charge is 2.34. The van der Waals surface area contributed by atoms with Gasteiger partial charge >= 0.3 is 5.97 Å². The van der Waals surface area contributed by atoms with Crippen molar-refractivity contribution in [1.82, 2.24) is 4.57 Å². The number of esters is 1. The maximum atomic E-state index is 13.6. The molecule has 1 aliphatic heterocycles. The number of benzene rings is 2. The van der Waals surface area contributed by atoms with E-state index < -0.39 is 12.0 Å². The van der Waals surface area contributed by atoms with Crippen LogP contribution in [0.15, 0.2) is 69.6 Å². The summed E-state index contributed by atoms with van der Waals surface area (Å²) in [6, 6.07) is 13.3. The molecule has 0 saturated carbocycles. The molecule has 0 unspecified atom stereocenters. The molecular formula is C25H24N2O5S. The Labute approximate surface area is 194 Å².